The van der Waals surface area contributed by atoms with E-state index in [-0.39, 0.29) is 24.8 Å². The summed E-state index contributed by atoms with van der Waals surface area (Å²) >= 11 is -2.52. The first-order valence-electron chi connectivity index (χ1n) is 13.1. The van der Waals surface area contributed by atoms with Gasteiger partial charge in [0.05, 0.1) is 0 Å². The summed E-state index contributed by atoms with van der Waals surface area (Å²) in [5.41, 5.74) is 11.8. The van der Waals surface area contributed by atoms with E-state index < -0.39 is 21.3 Å². The second-order valence-electron chi connectivity index (χ2n) is 9.99. The van der Waals surface area contributed by atoms with E-state index in [1.807, 2.05) is 0 Å². The maximum atomic E-state index is 2.55. The zero-order valence-electron chi connectivity index (χ0n) is 22.1. The summed E-state index contributed by atoms with van der Waals surface area (Å²) in [5.74, 6) is 0.472. The molecule has 38 heavy (non-hydrogen) atoms. The van der Waals surface area contributed by atoms with Gasteiger partial charge in [-0.15, -0.1) is 0 Å². The van der Waals surface area contributed by atoms with E-state index >= 15 is 0 Å². The number of rotatable bonds is 5. The first-order chi connectivity index (χ1) is 17.7. The summed E-state index contributed by atoms with van der Waals surface area (Å²) < 4.78 is 4.01. The van der Waals surface area contributed by atoms with E-state index in [4.69, 9.17) is 0 Å². The van der Waals surface area contributed by atoms with Crippen LogP contribution in [0.1, 0.15) is 53.1 Å². The average Bonchev–Trinajstić information content (AvgIpc) is 3.42. The second-order valence-corrected chi connectivity index (χ2v) is 16.3. The van der Waals surface area contributed by atoms with Crippen LogP contribution in [-0.2, 0) is 21.3 Å². The van der Waals surface area contributed by atoms with Crippen molar-refractivity contribution in [1.82, 2.24) is 0 Å². The Bertz CT molecular complexity index is 1490. The van der Waals surface area contributed by atoms with Gasteiger partial charge < -0.3 is 24.8 Å². The van der Waals surface area contributed by atoms with Crippen molar-refractivity contribution >= 4 is 8.78 Å². The quantitative estimate of drug-likeness (QED) is 0.325. The maximum Gasteiger partial charge on any atom is -1.00 e. The van der Waals surface area contributed by atoms with Gasteiger partial charge in [0.25, 0.3) is 0 Å². The molecule has 0 aliphatic heterocycles. The molecular weight excluding hydrogens is 583 g/mol. The molecule has 1 atom stereocenters. The van der Waals surface area contributed by atoms with Crippen LogP contribution in [0.3, 0.4) is 0 Å². The fourth-order valence-corrected chi connectivity index (χ4v) is 16.5. The fourth-order valence-electron chi connectivity index (χ4n) is 6.47. The zero-order chi connectivity index (χ0) is 24.6. The summed E-state index contributed by atoms with van der Waals surface area (Å²) in [4.78, 5) is 0. The molecule has 0 nitrogen and oxygen atoms in total. The zero-order valence-corrected chi connectivity index (χ0v) is 26.1. The number of allylic oxidation sites excluding steroid dienone is 4. The average molecular weight is 615 g/mol. The molecule has 0 aromatic heterocycles. The second kappa shape index (κ2) is 12.3. The van der Waals surface area contributed by atoms with Crippen molar-refractivity contribution in [3.05, 3.63) is 146 Å². The minimum Gasteiger partial charge on any atom is -1.00 e. The van der Waals surface area contributed by atoms with Crippen LogP contribution in [0.25, 0.3) is 16.7 Å². The van der Waals surface area contributed by atoms with E-state index in [2.05, 4.69) is 136 Å². The normalized spacial score (nSPS) is 16.1. The maximum absolute atomic E-state index is 2.55. The van der Waals surface area contributed by atoms with E-state index in [1.165, 1.54) is 33.4 Å². The number of hydrogen-bond acceptors (Lipinski definition) is 0. The minimum absolute atomic E-state index is 0. The number of fused-ring (bicyclic) bond motifs is 3. The van der Waals surface area contributed by atoms with Crippen molar-refractivity contribution in [3.63, 3.8) is 0 Å². The van der Waals surface area contributed by atoms with Crippen LogP contribution in [0, 0.1) is 5.92 Å². The van der Waals surface area contributed by atoms with Gasteiger partial charge in [-0.25, -0.2) is 0 Å². The largest absolute Gasteiger partial charge is 1.00 e. The first kappa shape index (κ1) is 28.7. The molecule has 0 bridgehead atoms. The molecule has 1 unspecified atom stereocenters. The van der Waals surface area contributed by atoms with Crippen LogP contribution in [0.15, 0.2) is 124 Å². The van der Waals surface area contributed by atoms with Gasteiger partial charge >= 0.3 is 224 Å². The summed E-state index contributed by atoms with van der Waals surface area (Å²) in [7, 11) is 0. The minimum atomic E-state index is -2.52. The number of halogens is 2. The molecule has 0 spiro atoms. The Kier molecular flexibility index (Phi) is 9.25. The van der Waals surface area contributed by atoms with Gasteiger partial charge in [-0.05, 0) is 0 Å². The van der Waals surface area contributed by atoms with Gasteiger partial charge in [0.1, 0.15) is 0 Å². The molecule has 2 aliphatic carbocycles. The Morgan fingerprint density at radius 1 is 0.684 bits per heavy atom. The molecule has 0 N–H and O–H groups in total. The van der Waals surface area contributed by atoms with Crippen LogP contribution in [0.4, 0.5) is 0 Å². The van der Waals surface area contributed by atoms with Crippen LogP contribution >= 0.6 is 0 Å². The summed E-state index contributed by atoms with van der Waals surface area (Å²) in [6.07, 6.45) is 3.66. The van der Waals surface area contributed by atoms with E-state index in [0.717, 1.165) is 6.42 Å². The number of benzene rings is 4. The molecule has 6 rings (SSSR count). The van der Waals surface area contributed by atoms with Gasteiger partial charge in [-0.3, -0.25) is 0 Å². The predicted octanol–water partition coefficient (Wildman–Crippen LogP) is 3.02. The van der Waals surface area contributed by atoms with Crippen LogP contribution < -0.4 is 24.8 Å². The molecule has 0 fully saturated rings. The standard InChI is InChI=1S/C13H9.C13H13.C9H10.2ClH.Zr/c1-3-7-12-10(5-1)9-11-6-2-4-8-13(11)12;1-10-8-11(2)13(9-10)12-6-4-3-5-7-12;1-2-6-9-7-4-3-5-8-9;;;/h1-9H;3-7,9-10H,1-2H3;3-5,7-8H,2H2,1H3;2*1H;/q;;;;;+2/p-2. The summed E-state index contributed by atoms with van der Waals surface area (Å²) in [6.45, 7) is 7.24. The number of hydrogen-bond donors (Lipinski definition) is 0. The molecule has 0 saturated carbocycles. The van der Waals surface area contributed by atoms with Crippen LogP contribution in [0.2, 0.25) is 0 Å². The Hall–Kier alpha value is -2.31. The molecular formula is C35H32Cl2Zr. The third kappa shape index (κ3) is 4.90. The van der Waals surface area contributed by atoms with Gasteiger partial charge in [0, 0.05) is 0 Å². The van der Waals surface area contributed by atoms with Crippen molar-refractivity contribution in [2.75, 3.05) is 0 Å². The molecule has 4 aromatic carbocycles. The molecule has 2 aliphatic rings. The van der Waals surface area contributed by atoms with Crippen LogP contribution in [0.5, 0.6) is 0 Å². The molecule has 190 valence electrons. The molecule has 0 saturated heterocycles. The van der Waals surface area contributed by atoms with Crippen molar-refractivity contribution in [1.29, 1.82) is 0 Å². The third-order valence-electron chi connectivity index (χ3n) is 7.98. The SMILES string of the molecule is CC/[C](c1ccccc1)=[Zr+2](\[C]1=C(C)C(c2ccccc2)=CC1C)[CH]1c2ccccc2-c2ccccc21.[Cl-].[Cl-]. The monoisotopic (exact) mass is 612 g/mol. The van der Waals surface area contributed by atoms with E-state index in [9.17, 15) is 0 Å². The fraction of sp³-hybridized carbons (Fsp3) is 0.171. The Morgan fingerprint density at radius 3 is 1.74 bits per heavy atom. The van der Waals surface area contributed by atoms with E-state index in [1.54, 1.807) is 17.6 Å². The van der Waals surface area contributed by atoms with Gasteiger partial charge in [-0.2, -0.15) is 0 Å². The van der Waals surface area contributed by atoms with Crippen molar-refractivity contribution in [3.8, 4) is 11.1 Å². The Balaban J connectivity index is 0.00000168. The Morgan fingerprint density at radius 2 is 1.18 bits per heavy atom. The van der Waals surface area contributed by atoms with Crippen LogP contribution in [-0.4, -0.2) is 3.21 Å². The van der Waals surface area contributed by atoms with E-state index in [0.29, 0.717) is 9.54 Å². The summed E-state index contributed by atoms with van der Waals surface area (Å²) in [6, 6.07) is 40.7. The third-order valence-corrected chi connectivity index (χ3v) is 17.6. The van der Waals surface area contributed by atoms with Gasteiger partial charge in [-0.1, -0.05) is 0 Å². The topological polar surface area (TPSA) is 0 Å². The smallest absolute Gasteiger partial charge is 1.00 e. The first-order valence-corrected chi connectivity index (χ1v) is 17.0. The Labute approximate surface area is 247 Å². The van der Waals surface area contributed by atoms with Crippen molar-refractivity contribution < 1.29 is 46.1 Å². The van der Waals surface area contributed by atoms with Gasteiger partial charge in [0.2, 0.25) is 0 Å². The van der Waals surface area contributed by atoms with Gasteiger partial charge in [0.15, 0.2) is 0 Å². The molecule has 0 heterocycles. The molecule has 0 radical (unpaired) electrons. The van der Waals surface area contributed by atoms with Crippen molar-refractivity contribution in [2.24, 2.45) is 5.92 Å². The molecule has 0 amide bonds. The molecule has 3 heteroatoms. The molecule has 4 aromatic rings. The van der Waals surface area contributed by atoms with Crippen molar-refractivity contribution in [2.45, 2.75) is 30.8 Å². The predicted molar refractivity (Wildman–Crippen MR) is 151 cm³/mol. The summed E-state index contributed by atoms with van der Waals surface area (Å²) in [5, 5.41) is 0.